The van der Waals surface area contributed by atoms with Gasteiger partial charge in [0.2, 0.25) is 11.8 Å². The van der Waals surface area contributed by atoms with Crippen molar-refractivity contribution < 1.29 is 22.8 Å². The number of sulfonamides is 1. The Morgan fingerprint density at radius 1 is 1.03 bits per heavy atom. The van der Waals surface area contributed by atoms with Crippen LogP contribution in [0.25, 0.3) is 0 Å². The number of fused-ring (bicyclic) bond motifs is 1. The minimum Gasteiger partial charge on any atom is -0.352 e. The van der Waals surface area contributed by atoms with Gasteiger partial charge in [0.1, 0.15) is 10.9 Å². The summed E-state index contributed by atoms with van der Waals surface area (Å²) in [5.41, 5.74) is 1.20. The molecule has 1 heterocycles. The first-order valence-corrected chi connectivity index (χ1v) is 13.4. The van der Waals surface area contributed by atoms with Gasteiger partial charge < -0.3 is 10.2 Å². The first-order valence-electron chi connectivity index (χ1n) is 12.0. The second kappa shape index (κ2) is 11.5. The molecule has 9 heteroatoms. The van der Waals surface area contributed by atoms with Gasteiger partial charge in [-0.2, -0.15) is 0 Å². The van der Waals surface area contributed by atoms with Crippen molar-refractivity contribution in [3.63, 3.8) is 0 Å². The van der Waals surface area contributed by atoms with Crippen molar-refractivity contribution in [2.45, 2.75) is 63.4 Å². The smallest absolute Gasteiger partial charge is 0.269 e. The SMILES string of the molecule is CCC(C)NC(=O)C(C)N(CCc1ccccc1)C(=O)CCCN1C(=O)c2ccccc2S1(=O)=O. The minimum absolute atomic E-state index is 0.00356. The molecule has 0 aliphatic carbocycles. The molecule has 3 rings (SSSR count). The maximum Gasteiger partial charge on any atom is 0.269 e. The maximum atomic E-state index is 13.2. The molecular formula is C26H33N3O5S. The molecule has 188 valence electrons. The largest absolute Gasteiger partial charge is 0.352 e. The molecule has 35 heavy (non-hydrogen) atoms. The molecule has 2 atom stereocenters. The lowest BCUT2D eigenvalue weighted by molar-refractivity contribution is -0.140. The first kappa shape index (κ1) is 26.4. The predicted octanol–water partition coefficient (Wildman–Crippen LogP) is 2.99. The fraction of sp³-hybridized carbons (Fsp3) is 0.423. The van der Waals surface area contributed by atoms with E-state index in [4.69, 9.17) is 0 Å². The Morgan fingerprint density at radius 2 is 1.69 bits per heavy atom. The molecule has 8 nitrogen and oxygen atoms in total. The molecule has 1 N–H and O–H groups in total. The third kappa shape index (κ3) is 6.08. The van der Waals surface area contributed by atoms with Gasteiger partial charge in [0.05, 0.1) is 5.56 Å². The van der Waals surface area contributed by atoms with Gasteiger partial charge in [0.15, 0.2) is 0 Å². The summed E-state index contributed by atoms with van der Waals surface area (Å²) >= 11 is 0. The van der Waals surface area contributed by atoms with Crippen LogP contribution in [0.3, 0.4) is 0 Å². The van der Waals surface area contributed by atoms with Gasteiger partial charge in [-0.3, -0.25) is 14.4 Å². The van der Waals surface area contributed by atoms with Gasteiger partial charge in [0, 0.05) is 25.6 Å². The van der Waals surface area contributed by atoms with E-state index in [2.05, 4.69) is 5.32 Å². The van der Waals surface area contributed by atoms with Crippen LogP contribution < -0.4 is 5.32 Å². The van der Waals surface area contributed by atoms with Gasteiger partial charge in [-0.15, -0.1) is 0 Å². The maximum absolute atomic E-state index is 13.2. The average Bonchev–Trinajstić information content (AvgIpc) is 3.05. The van der Waals surface area contributed by atoms with Crippen LogP contribution in [0.1, 0.15) is 56.0 Å². The Morgan fingerprint density at radius 3 is 2.34 bits per heavy atom. The summed E-state index contributed by atoms with van der Waals surface area (Å²) in [6, 6.07) is 15.1. The Hall–Kier alpha value is -3.20. The monoisotopic (exact) mass is 499 g/mol. The van der Waals surface area contributed by atoms with Crippen molar-refractivity contribution in [2.75, 3.05) is 13.1 Å². The number of hydrogen-bond acceptors (Lipinski definition) is 5. The van der Waals surface area contributed by atoms with E-state index < -0.39 is 22.0 Å². The zero-order chi connectivity index (χ0) is 25.6. The fourth-order valence-electron chi connectivity index (χ4n) is 4.01. The third-order valence-corrected chi connectivity index (χ3v) is 8.16. The molecule has 0 radical (unpaired) electrons. The molecule has 0 bridgehead atoms. The highest BCUT2D eigenvalue weighted by Crippen LogP contribution is 2.30. The van der Waals surface area contributed by atoms with Crippen molar-refractivity contribution in [1.29, 1.82) is 0 Å². The number of hydrogen-bond donors (Lipinski definition) is 1. The second-order valence-corrected chi connectivity index (χ2v) is 10.6. The van der Waals surface area contributed by atoms with Crippen molar-refractivity contribution in [3.05, 3.63) is 65.7 Å². The van der Waals surface area contributed by atoms with E-state index >= 15 is 0 Å². The van der Waals surface area contributed by atoms with E-state index in [1.54, 1.807) is 24.0 Å². The molecule has 0 fully saturated rings. The Kier molecular flexibility index (Phi) is 8.67. The van der Waals surface area contributed by atoms with E-state index in [1.807, 2.05) is 44.2 Å². The van der Waals surface area contributed by atoms with Crippen LogP contribution >= 0.6 is 0 Å². The van der Waals surface area contributed by atoms with Crippen LogP contribution in [0, 0.1) is 0 Å². The highest BCUT2D eigenvalue weighted by molar-refractivity contribution is 7.90. The molecule has 2 aromatic rings. The van der Waals surface area contributed by atoms with Gasteiger partial charge in [-0.05, 0) is 50.8 Å². The third-order valence-electron chi connectivity index (χ3n) is 6.32. The molecule has 0 saturated carbocycles. The molecule has 0 aromatic heterocycles. The first-order chi connectivity index (χ1) is 16.7. The highest BCUT2D eigenvalue weighted by atomic mass is 32.2. The van der Waals surface area contributed by atoms with Gasteiger partial charge in [-0.1, -0.05) is 49.4 Å². The lowest BCUT2D eigenvalue weighted by Gasteiger charge is -2.30. The zero-order valence-corrected chi connectivity index (χ0v) is 21.3. The van der Waals surface area contributed by atoms with E-state index in [-0.39, 0.29) is 47.7 Å². The number of nitrogens with one attached hydrogen (secondary N) is 1. The van der Waals surface area contributed by atoms with E-state index in [9.17, 15) is 22.8 Å². The normalized spacial score (nSPS) is 15.9. The van der Waals surface area contributed by atoms with Crippen molar-refractivity contribution in [2.24, 2.45) is 0 Å². The zero-order valence-electron chi connectivity index (χ0n) is 20.4. The summed E-state index contributed by atoms with van der Waals surface area (Å²) in [4.78, 5) is 40.1. The van der Waals surface area contributed by atoms with Crippen LogP contribution in [0.4, 0.5) is 0 Å². The number of benzene rings is 2. The number of rotatable bonds is 11. The topological polar surface area (TPSA) is 104 Å². The van der Waals surface area contributed by atoms with Gasteiger partial charge in [0.25, 0.3) is 15.9 Å². The van der Waals surface area contributed by atoms with Crippen LogP contribution in [0.5, 0.6) is 0 Å². The quantitative estimate of drug-likeness (QED) is 0.512. The van der Waals surface area contributed by atoms with Gasteiger partial charge in [-0.25, -0.2) is 12.7 Å². The Bertz CT molecular complexity index is 1170. The number of carbonyl (C=O) groups is 3. The summed E-state index contributed by atoms with van der Waals surface area (Å²) in [7, 11) is -3.91. The van der Waals surface area contributed by atoms with E-state index in [0.717, 1.165) is 16.3 Å². The van der Waals surface area contributed by atoms with Gasteiger partial charge >= 0.3 is 0 Å². The standard InChI is InChI=1S/C26H33N3O5S/c1-4-19(2)27-25(31)20(3)28(18-16-21-11-6-5-7-12-21)24(30)15-10-17-29-26(32)22-13-8-9-14-23(22)35(29,33)34/h5-9,11-14,19-20H,4,10,15-18H2,1-3H3,(H,27,31). The van der Waals surface area contributed by atoms with Crippen LogP contribution in [-0.2, 0) is 26.0 Å². The fourth-order valence-corrected chi connectivity index (χ4v) is 5.61. The summed E-state index contributed by atoms with van der Waals surface area (Å²) in [6.45, 7) is 5.84. The Balaban J connectivity index is 1.66. The van der Waals surface area contributed by atoms with E-state index in [0.29, 0.717) is 13.0 Å². The molecule has 2 aromatic carbocycles. The molecule has 1 aliphatic heterocycles. The Labute approximate surface area is 207 Å². The van der Waals surface area contributed by atoms with Crippen LogP contribution in [-0.4, -0.2) is 60.5 Å². The lowest BCUT2D eigenvalue weighted by atomic mass is 10.1. The lowest BCUT2D eigenvalue weighted by Crippen LogP contribution is -2.50. The average molecular weight is 500 g/mol. The summed E-state index contributed by atoms with van der Waals surface area (Å²) in [6.07, 6.45) is 1.55. The number of nitrogens with zero attached hydrogens (tertiary/aromatic N) is 2. The van der Waals surface area contributed by atoms with Crippen molar-refractivity contribution in [3.8, 4) is 0 Å². The molecule has 0 saturated heterocycles. The molecule has 0 spiro atoms. The van der Waals surface area contributed by atoms with Crippen molar-refractivity contribution >= 4 is 27.7 Å². The van der Waals surface area contributed by atoms with Crippen molar-refractivity contribution in [1.82, 2.24) is 14.5 Å². The summed E-state index contributed by atoms with van der Waals surface area (Å²) in [5.74, 6) is -1.06. The highest BCUT2D eigenvalue weighted by Gasteiger charge is 2.40. The molecule has 3 amide bonds. The summed E-state index contributed by atoms with van der Waals surface area (Å²) in [5, 5.41) is 2.93. The minimum atomic E-state index is -3.91. The summed E-state index contributed by atoms with van der Waals surface area (Å²) < 4.78 is 26.3. The number of carbonyl (C=O) groups excluding carboxylic acids is 3. The second-order valence-electron chi connectivity index (χ2n) is 8.80. The number of amides is 3. The molecule has 1 aliphatic rings. The molecule has 2 unspecified atom stereocenters. The molecular weight excluding hydrogens is 466 g/mol. The van der Waals surface area contributed by atoms with Crippen LogP contribution in [0.15, 0.2) is 59.5 Å². The van der Waals surface area contributed by atoms with E-state index in [1.165, 1.54) is 12.1 Å². The van der Waals surface area contributed by atoms with Crippen LogP contribution in [0.2, 0.25) is 0 Å². The predicted molar refractivity (Wildman–Crippen MR) is 133 cm³/mol.